The van der Waals surface area contributed by atoms with Gasteiger partial charge in [-0.3, -0.25) is 0 Å². The molecule has 2 aromatic rings. The van der Waals surface area contributed by atoms with Crippen molar-refractivity contribution in [3.05, 3.63) is 36.0 Å². The molecule has 0 aliphatic carbocycles. The molecule has 1 aromatic heterocycles. The van der Waals surface area contributed by atoms with Crippen molar-refractivity contribution in [1.29, 1.82) is 0 Å². The van der Waals surface area contributed by atoms with Crippen molar-refractivity contribution < 1.29 is 0 Å². The number of rotatable bonds is 1. The summed E-state index contributed by atoms with van der Waals surface area (Å²) in [6.07, 6.45) is 2.06. The number of hydrogen-bond donors (Lipinski definition) is 1. The van der Waals surface area contributed by atoms with Crippen LogP contribution in [-0.4, -0.2) is 4.57 Å². The molecule has 2 heteroatoms. The maximum absolute atomic E-state index is 5.54. The lowest BCUT2D eigenvalue weighted by molar-refractivity contribution is 0.968. The fourth-order valence-corrected chi connectivity index (χ4v) is 1.46. The predicted molar refractivity (Wildman–Crippen MR) is 50.8 cm³/mol. The van der Waals surface area contributed by atoms with Crippen LogP contribution in [-0.2, 0) is 13.6 Å². The first-order valence-electron chi connectivity index (χ1n) is 4.05. The first-order valence-corrected chi connectivity index (χ1v) is 4.05. The van der Waals surface area contributed by atoms with Crippen LogP contribution in [0.5, 0.6) is 0 Å². The molecular formula is C10H12N2. The molecular weight excluding hydrogens is 148 g/mol. The predicted octanol–water partition coefficient (Wildman–Crippen LogP) is 1.64. The number of nitrogens with two attached hydrogens (primary N) is 1. The van der Waals surface area contributed by atoms with Gasteiger partial charge in [0.15, 0.2) is 0 Å². The van der Waals surface area contributed by atoms with Crippen LogP contribution in [0.2, 0.25) is 0 Å². The highest BCUT2D eigenvalue weighted by molar-refractivity contribution is 5.80. The summed E-state index contributed by atoms with van der Waals surface area (Å²) >= 11 is 0. The highest BCUT2D eigenvalue weighted by atomic mass is 14.9. The van der Waals surface area contributed by atoms with Gasteiger partial charge in [-0.15, -0.1) is 0 Å². The van der Waals surface area contributed by atoms with Gasteiger partial charge in [0.05, 0.1) is 0 Å². The van der Waals surface area contributed by atoms with E-state index in [1.54, 1.807) is 0 Å². The second-order valence-corrected chi connectivity index (χ2v) is 3.02. The fraction of sp³-hybridized carbons (Fsp3) is 0.200. The van der Waals surface area contributed by atoms with Gasteiger partial charge < -0.3 is 10.3 Å². The summed E-state index contributed by atoms with van der Waals surface area (Å²) in [5.74, 6) is 0. The highest BCUT2D eigenvalue weighted by Crippen LogP contribution is 2.15. The van der Waals surface area contributed by atoms with Crippen LogP contribution >= 0.6 is 0 Å². The first kappa shape index (κ1) is 7.37. The van der Waals surface area contributed by atoms with E-state index >= 15 is 0 Å². The monoisotopic (exact) mass is 160 g/mol. The molecule has 0 bridgehead atoms. The van der Waals surface area contributed by atoms with E-state index in [1.165, 1.54) is 16.5 Å². The first-order chi connectivity index (χ1) is 5.81. The minimum atomic E-state index is 0.616. The fourth-order valence-electron chi connectivity index (χ4n) is 1.46. The number of benzene rings is 1. The Morgan fingerprint density at radius 3 is 2.92 bits per heavy atom. The molecule has 2 N–H and O–H groups in total. The third-order valence-corrected chi connectivity index (χ3v) is 2.19. The van der Waals surface area contributed by atoms with Gasteiger partial charge in [-0.25, -0.2) is 0 Å². The largest absolute Gasteiger partial charge is 0.351 e. The Labute approximate surface area is 71.6 Å². The molecule has 12 heavy (non-hydrogen) atoms. The van der Waals surface area contributed by atoms with E-state index in [-0.39, 0.29) is 0 Å². The SMILES string of the molecule is Cn1ccc2cc(CN)ccc21. The van der Waals surface area contributed by atoms with E-state index < -0.39 is 0 Å². The minimum absolute atomic E-state index is 0.616. The van der Waals surface area contributed by atoms with Crippen LogP contribution in [0.25, 0.3) is 10.9 Å². The Morgan fingerprint density at radius 2 is 2.17 bits per heavy atom. The third-order valence-electron chi connectivity index (χ3n) is 2.19. The normalized spacial score (nSPS) is 10.8. The summed E-state index contributed by atoms with van der Waals surface area (Å²) in [7, 11) is 2.05. The van der Waals surface area contributed by atoms with E-state index in [0.717, 1.165) is 0 Å². The Hall–Kier alpha value is -1.28. The second kappa shape index (κ2) is 2.64. The number of aromatic nitrogens is 1. The van der Waals surface area contributed by atoms with Crippen LogP contribution in [0.4, 0.5) is 0 Å². The maximum atomic E-state index is 5.54. The van der Waals surface area contributed by atoms with E-state index in [2.05, 4.69) is 35.0 Å². The molecule has 0 spiro atoms. The molecule has 1 heterocycles. The molecule has 0 radical (unpaired) electrons. The van der Waals surface area contributed by atoms with E-state index in [4.69, 9.17) is 5.73 Å². The zero-order valence-corrected chi connectivity index (χ0v) is 7.12. The topological polar surface area (TPSA) is 30.9 Å². The van der Waals surface area contributed by atoms with Crippen LogP contribution in [0, 0.1) is 0 Å². The van der Waals surface area contributed by atoms with Gasteiger partial charge in [0.2, 0.25) is 0 Å². The van der Waals surface area contributed by atoms with Crippen molar-refractivity contribution in [1.82, 2.24) is 4.57 Å². The molecule has 1 aromatic carbocycles. The second-order valence-electron chi connectivity index (χ2n) is 3.02. The van der Waals surface area contributed by atoms with Crippen LogP contribution < -0.4 is 5.73 Å². The summed E-state index contributed by atoms with van der Waals surface area (Å²) in [6, 6.07) is 8.42. The summed E-state index contributed by atoms with van der Waals surface area (Å²) in [5, 5.41) is 1.26. The Kier molecular flexibility index (Phi) is 1.62. The maximum Gasteiger partial charge on any atom is 0.0477 e. The smallest absolute Gasteiger partial charge is 0.0477 e. The van der Waals surface area contributed by atoms with Crippen molar-refractivity contribution in [3.8, 4) is 0 Å². The van der Waals surface area contributed by atoms with Crippen LogP contribution in [0.1, 0.15) is 5.56 Å². The van der Waals surface area contributed by atoms with Crippen molar-refractivity contribution in [2.45, 2.75) is 6.54 Å². The molecule has 0 unspecified atom stereocenters. The number of aryl methyl sites for hydroxylation is 1. The van der Waals surface area contributed by atoms with Gasteiger partial charge >= 0.3 is 0 Å². The number of fused-ring (bicyclic) bond motifs is 1. The summed E-state index contributed by atoms with van der Waals surface area (Å²) in [4.78, 5) is 0. The van der Waals surface area contributed by atoms with Crippen LogP contribution in [0.15, 0.2) is 30.5 Å². The van der Waals surface area contributed by atoms with Gasteiger partial charge in [-0.2, -0.15) is 0 Å². The molecule has 62 valence electrons. The number of hydrogen-bond acceptors (Lipinski definition) is 1. The third kappa shape index (κ3) is 1.01. The molecule has 0 saturated heterocycles. The minimum Gasteiger partial charge on any atom is -0.351 e. The van der Waals surface area contributed by atoms with Gasteiger partial charge in [-0.1, -0.05) is 6.07 Å². The average molecular weight is 160 g/mol. The van der Waals surface area contributed by atoms with Crippen molar-refractivity contribution >= 4 is 10.9 Å². The molecule has 0 fully saturated rings. The molecule has 0 saturated carbocycles. The lowest BCUT2D eigenvalue weighted by Gasteiger charge is -1.98. The number of nitrogens with zero attached hydrogens (tertiary/aromatic N) is 1. The Morgan fingerprint density at radius 1 is 1.33 bits per heavy atom. The van der Waals surface area contributed by atoms with E-state index in [1.807, 2.05) is 7.05 Å². The zero-order valence-electron chi connectivity index (χ0n) is 7.12. The molecule has 0 aliphatic heterocycles. The zero-order chi connectivity index (χ0) is 8.55. The summed E-state index contributed by atoms with van der Waals surface area (Å²) < 4.78 is 2.11. The van der Waals surface area contributed by atoms with Gasteiger partial charge in [0.25, 0.3) is 0 Å². The van der Waals surface area contributed by atoms with Gasteiger partial charge in [-0.05, 0) is 29.1 Å². The lowest BCUT2D eigenvalue weighted by Crippen LogP contribution is -1.95. The quantitative estimate of drug-likeness (QED) is 0.675. The van der Waals surface area contributed by atoms with Crippen LogP contribution in [0.3, 0.4) is 0 Å². The van der Waals surface area contributed by atoms with Crippen molar-refractivity contribution in [2.24, 2.45) is 12.8 Å². The highest BCUT2D eigenvalue weighted by Gasteiger charge is 1.97. The van der Waals surface area contributed by atoms with E-state index in [9.17, 15) is 0 Å². The van der Waals surface area contributed by atoms with Crippen molar-refractivity contribution in [3.63, 3.8) is 0 Å². The van der Waals surface area contributed by atoms with E-state index in [0.29, 0.717) is 6.54 Å². The molecule has 0 atom stereocenters. The molecule has 2 rings (SSSR count). The molecule has 0 amide bonds. The average Bonchev–Trinajstić information content (AvgIpc) is 2.47. The van der Waals surface area contributed by atoms with Crippen molar-refractivity contribution in [2.75, 3.05) is 0 Å². The Bertz CT molecular complexity index is 401. The lowest BCUT2D eigenvalue weighted by atomic mass is 10.1. The molecule has 0 aliphatic rings. The summed E-state index contributed by atoms with van der Waals surface area (Å²) in [6.45, 7) is 0.616. The Balaban J connectivity index is 2.69. The molecule has 2 nitrogen and oxygen atoms in total. The summed E-state index contributed by atoms with van der Waals surface area (Å²) in [5.41, 5.74) is 7.99. The van der Waals surface area contributed by atoms with Gasteiger partial charge in [0.1, 0.15) is 0 Å². The standard InChI is InChI=1S/C10H12N2/c1-12-5-4-9-6-8(7-11)2-3-10(9)12/h2-6H,7,11H2,1H3. The van der Waals surface area contributed by atoms with Gasteiger partial charge in [0, 0.05) is 25.3 Å².